The maximum atomic E-state index is 13.9. The summed E-state index contributed by atoms with van der Waals surface area (Å²) < 4.78 is 13.9. The number of halogens is 2. The zero-order valence-corrected chi connectivity index (χ0v) is 11.6. The van der Waals surface area contributed by atoms with E-state index in [0.29, 0.717) is 29.8 Å². The van der Waals surface area contributed by atoms with Crippen molar-refractivity contribution in [3.8, 4) is 6.07 Å². The van der Waals surface area contributed by atoms with E-state index in [2.05, 4.69) is 6.07 Å². The standard InChI is InChI=1S/C17H13ClFN/c18-15-5-6-16(19)14(7-15)10-17(11-20)8-12-3-1-2-4-13(12)9-17/h1-7H,8-10H2. The minimum absolute atomic E-state index is 0.292. The van der Waals surface area contributed by atoms with Crippen LogP contribution in [-0.2, 0) is 19.3 Å². The lowest BCUT2D eigenvalue weighted by atomic mass is 9.80. The van der Waals surface area contributed by atoms with Gasteiger partial charge in [-0.15, -0.1) is 0 Å². The summed E-state index contributed by atoms with van der Waals surface area (Å²) in [5, 5.41) is 10.1. The Morgan fingerprint density at radius 3 is 2.40 bits per heavy atom. The van der Waals surface area contributed by atoms with Gasteiger partial charge in [0.2, 0.25) is 0 Å². The molecular formula is C17H13ClFN. The molecule has 1 nitrogen and oxygen atoms in total. The summed E-state index contributed by atoms with van der Waals surface area (Å²) in [4.78, 5) is 0. The van der Waals surface area contributed by atoms with Gasteiger partial charge in [0.25, 0.3) is 0 Å². The van der Waals surface area contributed by atoms with Crippen molar-refractivity contribution in [3.63, 3.8) is 0 Å². The van der Waals surface area contributed by atoms with Gasteiger partial charge in [0.15, 0.2) is 0 Å². The number of nitriles is 1. The molecule has 20 heavy (non-hydrogen) atoms. The third-order valence-electron chi connectivity index (χ3n) is 3.95. The van der Waals surface area contributed by atoms with Gasteiger partial charge in [0.1, 0.15) is 5.82 Å². The van der Waals surface area contributed by atoms with Crippen LogP contribution in [-0.4, -0.2) is 0 Å². The lowest BCUT2D eigenvalue weighted by molar-refractivity contribution is 0.409. The molecule has 0 atom stereocenters. The zero-order valence-electron chi connectivity index (χ0n) is 10.9. The molecule has 0 N–H and O–H groups in total. The first kappa shape index (κ1) is 13.1. The Morgan fingerprint density at radius 2 is 1.80 bits per heavy atom. The average Bonchev–Trinajstić information content (AvgIpc) is 2.81. The van der Waals surface area contributed by atoms with Crippen molar-refractivity contribution in [1.29, 1.82) is 5.26 Å². The first-order valence-corrected chi connectivity index (χ1v) is 6.92. The number of benzene rings is 2. The van der Waals surface area contributed by atoms with Crippen LogP contribution in [0.2, 0.25) is 5.02 Å². The van der Waals surface area contributed by atoms with E-state index in [0.717, 1.165) is 0 Å². The molecule has 0 amide bonds. The summed E-state index contributed by atoms with van der Waals surface area (Å²) >= 11 is 5.93. The Kier molecular flexibility index (Phi) is 3.23. The number of fused-ring (bicyclic) bond motifs is 1. The fourth-order valence-electron chi connectivity index (χ4n) is 2.98. The Hall–Kier alpha value is -1.85. The van der Waals surface area contributed by atoms with E-state index in [1.165, 1.54) is 23.3 Å². The Morgan fingerprint density at radius 1 is 1.15 bits per heavy atom. The van der Waals surface area contributed by atoms with Gasteiger partial charge in [-0.05, 0) is 54.2 Å². The highest BCUT2D eigenvalue weighted by molar-refractivity contribution is 6.30. The van der Waals surface area contributed by atoms with Gasteiger partial charge in [0, 0.05) is 5.02 Å². The fraction of sp³-hybridized carbons (Fsp3) is 0.235. The minimum Gasteiger partial charge on any atom is -0.207 e. The van der Waals surface area contributed by atoms with Gasteiger partial charge < -0.3 is 0 Å². The summed E-state index contributed by atoms with van der Waals surface area (Å²) in [5.74, 6) is -0.292. The third-order valence-corrected chi connectivity index (χ3v) is 4.18. The van der Waals surface area contributed by atoms with Crippen LogP contribution < -0.4 is 0 Å². The van der Waals surface area contributed by atoms with Crippen LogP contribution in [0.25, 0.3) is 0 Å². The smallest absolute Gasteiger partial charge is 0.126 e. The molecule has 0 aliphatic heterocycles. The largest absolute Gasteiger partial charge is 0.207 e. The van der Waals surface area contributed by atoms with Gasteiger partial charge in [-0.25, -0.2) is 4.39 Å². The van der Waals surface area contributed by atoms with Crippen molar-refractivity contribution in [1.82, 2.24) is 0 Å². The second kappa shape index (κ2) is 4.92. The molecule has 2 aromatic rings. The van der Waals surface area contributed by atoms with Crippen molar-refractivity contribution >= 4 is 11.6 Å². The van der Waals surface area contributed by atoms with Gasteiger partial charge in [-0.3, -0.25) is 0 Å². The Labute approximate surface area is 122 Å². The summed E-state index contributed by atoms with van der Waals surface area (Å²) in [6.07, 6.45) is 1.74. The molecule has 0 spiro atoms. The summed E-state index contributed by atoms with van der Waals surface area (Å²) in [7, 11) is 0. The minimum atomic E-state index is -0.560. The number of hydrogen-bond acceptors (Lipinski definition) is 1. The van der Waals surface area contributed by atoms with Crippen molar-refractivity contribution in [2.24, 2.45) is 5.41 Å². The van der Waals surface area contributed by atoms with Crippen LogP contribution in [0.1, 0.15) is 16.7 Å². The van der Waals surface area contributed by atoms with Crippen LogP contribution in [0.3, 0.4) is 0 Å². The third kappa shape index (κ3) is 2.30. The molecule has 0 heterocycles. The van der Waals surface area contributed by atoms with Gasteiger partial charge >= 0.3 is 0 Å². The van der Waals surface area contributed by atoms with E-state index in [-0.39, 0.29) is 5.82 Å². The molecule has 0 bridgehead atoms. The van der Waals surface area contributed by atoms with Gasteiger partial charge in [-0.1, -0.05) is 35.9 Å². The normalized spacial score (nSPS) is 15.7. The Bertz CT molecular complexity index is 677. The first-order chi connectivity index (χ1) is 9.62. The lowest BCUT2D eigenvalue weighted by Crippen LogP contribution is -2.22. The maximum Gasteiger partial charge on any atom is 0.126 e. The molecule has 0 aromatic heterocycles. The van der Waals surface area contributed by atoms with E-state index in [1.54, 1.807) is 6.07 Å². The quantitative estimate of drug-likeness (QED) is 0.806. The summed E-state index contributed by atoms with van der Waals surface area (Å²) in [5.41, 5.74) is 2.34. The zero-order chi connectivity index (χ0) is 14.2. The van der Waals surface area contributed by atoms with E-state index in [9.17, 15) is 9.65 Å². The lowest BCUT2D eigenvalue weighted by Gasteiger charge is -2.20. The molecule has 100 valence electrons. The fourth-order valence-corrected chi connectivity index (χ4v) is 3.18. The van der Waals surface area contributed by atoms with Crippen molar-refractivity contribution in [2.75, 3.05) is 0 Å². The second-order valence-electron chi connectivity index (χ2n) is 5.43. The summed E-state index contributed by atoms with van der Waals surface area (Å²) in [6.45, 7) is 0. The molecule has 3 rings (SSSR count). The van der Waals surface area contributed by atoms with Crippen LogP contribution in [0.5, 0.6) is 0 Å². The predicted octanol–water partition coefficient (Wildman–Crippen LogP) is 4.33. The second-order valence-corrected chi connectivity index (χ2v) is 5.86. The molecule has 2 aromatic carbocycles. The molecule has 0 unspecified atom stereocenters. The van der Waals surface area contributed by atoms with Crippen LogP contribution >= 0.6 is 11.6 Å². The summed E-state index contributed by atoms with van der Waals surface area (Å²) in [6, 6.07) is 15.0. The SMILES string of the molecule is N#CC1(Cc2cc(Cl)ccc2F)Cc2ccccc2C1. The molecule has 0 fully saturated rings. The first-order valence-electron chi connectivity index (χ1n) is 6.54. The van der Waals surface area contributed by atoms with Crippen LogP contribution in [0.4, 0.5) is 4.39 Å². The van der Waals surface area contributed by atoms with Crippen molar-refractivity contribution < 1.29 is 4.39 Å². The number of hydrogen-bond donors (Lipinski definition) is 0. The Balaban J connectivity index is 1.94. The maximum absolute atomic E-state index is 13.9. The highest BCUT2D eigenvalue weighted by Crippen LogP contribution is 2.39. The molecule has 1 aliphatic carbocycles. The van der Waals surface area contributed by atoms with Crippen LogP contribution in [0.15, 0.2) is 42.5 Å². The van der Waals surface area contributed by atoms with Crippen molar-refractivity contribution in [3.05, 3.63) is 70.0 Å². The van der Waals surface area contributed by atoms with E-state index >= 15 is 0 Å². The molecule has 0 saturated heterocycles. The number of nitrogens with zero attached hydrogens (tertiary/aromatic N) is 1. The van der Waals surface area contributed by atoms with Gasteiger partial charge in [0.05, 0.1) is 11.5 Å². The van der Waals surface area contributed by atoms with E-state index in [4.69, 9.17) is 11.6 Å². The van der Waals surface area contributed by atoms with Gasteiger partial charge in [-0.2, -0.15) is 5.26 Å². The highest BCUT2D eigenvalue weighted by Gasteiger charge is 2.38. The molecule has 0 radical (unpaired) electrons. The highest BCUT2D eigenvalue weighted by atomic mass is 35.5. The average molecular weight is 286 g/mol. The van der Waals surface area contributed by atoms with E-state index < -0.39 is 5.41 Å². The topological polar surface area (TPSA) is 23.8 Å². The van der Waals surface area contributed by atoms with E-state index in [1.807, 2.05) is 24.3 Å². The predicted molar refractivity (Wildman–Crippen MR) is 77.0 cm³/mol. The molecular weight excluding hydrogens is 273 g/mol. The molecule has 0 saturated carbocycles. The van der Waals surface area contributed by atoms with Crippen LogP contribution in [0, 0.1) is 22.6 Å². The number of rotatable bonds is 2. The van der Waals surface area contributed by atoms with Crippen molar-refractivity contribution in [2.45, 2.75) is 19.3 Å². The molecule has 3 heteroatoms. The monoisotopic (exact) mass is 285 g/mol. The molecule has 1 aliphatic rings.